The summed E-state index contributed by atoms with van der Waals surface area (Å²) in [7, 11) is 0. The van der Waals surface area contributed by atoms with Gasteiger partial charge in [0.15, 0.2) is 0 Å². The summed E-state index contributed by atoms with van der Waals surface area (Å²) < 4.78 is 18.3. The molecule has 47 heavy (non-hydrogen) atoms. The molecular weight excluding hydrogens is 644 g/mol. The van der Waals surface area contributed by atoms with Gasteiger partial charge in [0.05, 0.1) is 36.4 Å². The van der Waals surface area contributed by atoms with E-state index in [0.717, 1.165) is 37.5 Å². The maximum atomic E-state index is 12.8. The predicted octanol–water partition coefficient (Wildman–Crippen LogP) is 5.88. The highest BCUT2D eigenvalue weighted by Gasteiger charge is 2.30. The second-order valence-electron chi connectivity index (χ2n) is 12.7. The first-order chi connectivity index (χ1) is 22.4. The van der Waals surface area contributed by atoms with Gasteiger partial charge in [-0.25, -0.2) is 4.79 Å². The number of rotatable bonds is 11. The standard InChI is InChI=1S/C34H41ClN4O7S/c1-21-17-22(35)18-26(25-7-11-36-27-19-24(47-32(25)27)20-39-29(41)5-6-30(39)42)31(21)45-23-8-13-38(14-9-23)28(40)10-15-44-16-12-37-33(43)46-34(2,3)4/h7,11,17-19,23H,5-6,8-10,12-16,20H2,1-4H3,(H,37,43). The van der Waals surface area contributed by atoms with Gasteiger partial charge < -0.3 is 24.4 Å². The molecule has 11 nitrogen and oxygen atoms in total. The monoisotopic (exact) mass is 684 g/mol. The molecule has 3 aromatic rings. The third kappa shape index (κ3) is 9.00. The SMILES string of the molecule is Cc1cc(Cl)cc(-c2ccnc3cc(CN4C(=O)CCC4=O)sc23)c1OC1CCN(C(=O)CCOCCNC(=O)OC(C)(C)C)CC1. The number of carbonyl (C=O) groups excluding carboxylic acids is 4. The van der Waals surface area contributed by atoms with Crippen molar-refractivity contribution in [2.75, 3.05) is 32.8 Å². The van der Waals surface area contributed by atoms with Crippen LogP contribution in [0.15, 0.2) is 30.5 Å². The normalized spacial score (nSPS) is 15.9. The quantitative estimate of drug-likeness (QED) is 0.196. The maximum absolute atomic E-state index is 12.8. The molecule has 2 aliphatic rings. The summed E-state index contributed by atoms with van der Waals surface area (Å²) in [6.45, 7) is 9.63. The van der Waals surface area contributed by atoms with Gasteiger partial charge in [0.2, 0.25) is 17.7 Å². The van der Waals surface area contributed by atoms with Crippen molar-refractivity contribution in [3.05, 3.63) is 45.9 Å². The first-order valence-electron chi connectivity index (χ1n) is 15.9. The highest BCUT2D eigenvalue weighted by molar-refractivity contribution is 7.19. The lowest BCUT2D eigenvalue weighted by Crippen LogP contribution is -2.42. The van der Waals surface area contributed by atoms with Crippen molar-refractivity contribution < 1.29 is 33.4 Å². The summed E-state index contributed by atoms with van der Waals surface area (Å²) in [5.41, 5.74) is 2.88. The topological polar surface area (TPSA) is 127 Å². The van der Waals surface area contributed by atoms with Crippen LogP contribution < -0.4 is 10.1 Å². The summed E-state index contributed by atoms with van der Waals surface area (Å²) in [6.07, 6.45) is 3.30. The smallest absolute Gasteiger partial charge is 0.407 e. The Morgan fingerprint density at radius 2 is 1.79 bits per heavy atom. The Hall–Kier alpha value is -3.74. The fourth-order valence-corrected chi connectivity index (χ4v) is 7.07. The number of hydrogen-bond acceptors (Lipinski definition) is 9. The van der Waals surface area contributed by atoms with E-state index in [1.54, 1.807) is 27.0 Å². The average Bonchev–Trinajstić information content (AvgIpc) is 3.57. The van der Waals surface area contributed by atoms with Crippen LogP contribution in [0.3, 0.4) is 0 Å². The molecule has 2 aliphatic heterocycles. The number of hydrogen-bond donors (Lipinski definition) is 1. The minimum absolute atomic E-state index is 0.0249. The zero-order valence-electron chi connectivity index (χ0n) is 27.2. The number of imide groups is 1. The molecule has 4 amide bonds. The van der Waals surface area contributed by atoms with E-state index >= 15 is 0 Å². The van der Waals surface area contributed by atoms with E-state index in [1.807, 2.05) is 36.1 Å². The number of nitrogens with zero attached hydrogens (tertiary/aromatic N) is 3. The van der Waals surface area contributed by atoms with E-state index in [2.05, 4.69) is 10.3 Å². The molecule has 0 bridgehead atoms. The van der Waals surface area contributed by atoms with Gasteiger partial charge in [-0.05, 0) is 57.5 Å². The average molecular weight is 685 g/mol. The number of alkyl carbamates (subject to hydrolysis) is 1. The van der Waals surface area contributed by atoms with Crippen LogP contribution >= 0.6 is 22.9 Å². The molecule has 2 saturated heterocycles. The number of fused-ring (bicyclic) bond motifs is 1. The number of aromatic nitrogens is 1. The lowest BCUT2D eigenvalue weighted by atomic mass is 10.0. The Morgan fingerprint density at radius 3 is 2.49 bits per heavy atom. The molecule has 0 saturated carbocycles. The van der Waals surface area contributed by atoms with E-state index in [-0.39, 0.29) is 56.2 Å². The minimum atomic E-state index is -0.561. The number of piperidine rings is 1. The van der Waals surface area contributed by atoms with Crippen molar-refractivity contribution in [1.29, 1.82) is 0 Å². The van der Waals surface area contributed by atoms with Crippen molar-refractivity contribution in [1.82, 2.24) is 20.1 Å². The van der Waals surface area contributed by atoms with Gasteiger partial charge in [-0.15, -0.1) is 11.3 Å². The third-order valence-corrected chi connectivity index (χ3v) is 9.28. The fraction of sp³-hybridized carbons (Fsp3) is 0.500. The van der Waals surface area contributed by atoms with Crippen LogP contribution in [-0.4, -0.2) is 83.2 Å². The van der Waals surface area contributed by atoms with E-state index in [0.29, 0.717) is 44.1 Å². The number of nitrogens with one attached hydrogen (secondary N) is 1. The molecule has 0 unspecified atom stereocenters. The first kappa shape index (κ1) is 34.6. The summed E-state index contributed by atoms with van der Waals surface area (Å²) in [5.74, 6) is 0.469. The fourth-order valence-electron chi connectivity index (χ4n) is 5.67. The number of amides is 4. The van der Waals surface area contributed by atoms with Crippen molar-refractivity contribution in [3.8, 4) is 16.9 Å². The Bertz CT molecular complexity index is 1630. The van der Waals surface area contributed by atoms with Gasteiger partial charge in [0.25, 0.3) is 0 Å². The van der Waals surface area contributed by atoms with Gasteiger partial charge >= 0.3 is 6.09 Å². The van der Waals surface area contributed by atoms with Crippen molar-refractivity contribution in [2.45, 2.75) is 78.0 Å². The zero-order chi connectivity index (χ0) is 33.7. The molecule has 0 radical (unpaired) electrons. The van der Waals surface area contributed by atoms with Gasteiger partial charge in [-0.1, -0.05) is 11.6 Å². The lowest BCUT2D eigenvalue weighted by Gasteiger charge is -2.33. The van der Waals surface area contributed by atoms with E-state index < -0.39 is 11.7 Å². The Morgan fingerprint density at radius 1 is 1.06 bits per heavy atom. The molecule has 4 heterocycles. The molecule has 1 N–H and O–H groups in total. The molecule has 0 atom stereocenters. The zero-order valence-corrected chi connectivity index (χ0v) is 28.8. The summed E-state index contributed by atoms with van der Waals surface area (Å²) in [4.78, 5) is 57.5. The number of halogens is 1. The number of likely N-dealkylation sites (tertiary alicyclic amines) is 2. The number of thiophene rings is 1. The van der Waals surface area contributed by atoms with E-state index in [1.165, 1.54) is 16.2 Å². The molecule has 0 spiro atoms. The number of pyridine rings is 1. The maximum Gasteiger partial charge on any atom is 0.407 e. The van der Waals surface area contributed by atoms with Gasteiger partial charge in [-0.3, -0.25) is 24.3 Å². The van der Waals surface area contributed by atoms with Crippen LogP contribution in [-0.2, 0) is 30.4 Å². The molecule has 252 valence electrons. The van der Waals surface area contributed by atoms with Crippen LogP contribution in [0.4, 0.5) is 4.79 Å². The van der Waals surface area contributed by atoms with Gasteiger partial charge in [0, 0.05) is 72.5 Å². The third-order valence-electron chi connectivity index (χ3n) is 7.92. The van der Waals surface area contributed by atoms with Crippen LogP contribution in [0, 0.1) is 6.92 Å². The molecule has 2 fully saturated rings. The predicted molar refractivity (Wildman–Crippen MR) is 179 cm³/mol. The van der Waals surface area contributed by atoms with E-state index in [9.17, 15) is 19.2 Å². The number of benzene rings is 1. The second-order valence-corrected chi connectivity index (χ2v) is 14.3. The molecular formula is C34H41ClN4O7S. The highest BCUT2D eigenvalue weighted by Crippen LogP contribution is 2.42. The van der Waals surface area contributed by atoms with Crippen LogP contribution in [0.5, 0.6) is 5.75 Å². The lowest BCUT2D eigenvalue weighted by molar-refractivity contribution is -0.139. The molecule has 2 aromatic heterocycles. The van der Waals surface area contributed by atoms with Crippen molar-refractivity contribution >= 4 is 57.0 Å². The molecule has 0 aliphatic carbocycles. The van der Waals surface area contributed by atoms with Gasteiger partial charge in [-0.2, -0.15) is 0 Å². The molecule has 5 rings (SSSR count). The summed E-state index contributed by atoms with van der Waals surface area (Å²) >= 11 is 8.06. The van der Waals surface area contributed by atoms with Crippen LogP contribution in [0.25, 0.3) is 21.3 Å². The Kier molecular flexibility index (Phi) is 11.0. The van der Waals surface area contributed by atoms with Gasteiger partial charge in [0.1, 0.15) is 17.5 Å². The first-order valence-corrected chi connectivity index (χ1v) is 17.1. The second kappa shape index (κ2) is 15.0. The highest BCUT2D eigenvalue weighted by atomic mass is 35.5. The Labute approximate surface area is 283 Å². The number of carbonyl (C=O) groups is 4. The number of ether oxygens (including phenoxy) is 3. The molecule has 1 aromatic carbocycles. The van der Waals surface area contributed by atoms with Crippen molar-refractivity contribution in [2.24, 2.45) is 0 Å². The Balaban J connectivity index is 1.17. The largest absolute Gasteiger partial charge is 0.489 e. The number of aryl methyl sites for hydroxylation is 1. The van der Waals surface area contributed by atoms with Crippen LogP contribution in [0.1, 0.15) is 63.3 Å². The summed E-state index contributed by atoms with van der Waals surface area (Å²) in [5, 5.41) is 3.22. The van der Waals surface area contributed by atoms with Crippen molar-refractivity contribution in [3.63, 3.8) is 0 Å². The molecule has 13 heteroatoms. The van der Waals surface area contributed by atoms with E-state index in [4.69, 9.17) is 25.8 Å². The summed E-state index contributed by atoms with van der Waals surface area (Å²) in [6, 6.07) is 7.64. The minimum Gasteiger partial charge on any atom is -0.489 e. The van der Waals surface area contributed by atoms with Crippen LogP contribution in [0.2, 0.25) is 5.02 Å².